The van der Waals surface area contributed by atoms with Crippen molar-refractivity contribution in [1.82, 2.24) is 14.8 Å². The van der Waals surface area contributed by atoms with Crippen molar-refractivity contribution in [3.63, 3.8) is 0 Å². The van der Waals surface area contributed by atoms with Crippen LogP contribution in [-0.4, -0.2) is 14.8 Å². The van der Waals surface area contributed by atoms with E-state index in [2.05, 4.69) is 42.1 Å². The standard InChI is InChI=1S/C17H18N4/c1-12-6-7-14(8-13(12)2)10-21-11-19-17(20-21)15-4-3-5-16(18)9-15/h3-9,11H,10,18H2,1-2H3. The van der Waals surface area contributed by atoms with Gasteiger partial charge in [0.1, 0.15) is 6.33 Å². The molecule has 1 aromatic heterocycles. The second kappa shape index (κ2) is 5.40. The first kappa shape index (κ1) is 13.4. The molecule has 3 aromatic rings. The van der Waals surface area contributed by atoms with Crippen molar-refractivity contribution >= 4 is 5.69 Å². The lowest BCUT2D eigenvalue weighted by molar-refractivity contribution is 0.686. The van der Waals surface area contributed by atoms with E-state index in [4.69, 9.17) is 5.73 Å². The number of nitrogen functional groups attached to an aromatic ring is 1. The first-order chi connectivity index (χ1) is 10.1. The summed E-state index contributed by atoms with van der Waals surface area (Å²) < 4.78 is 1.85. The Balaban J connectivity index is 1.83. The minimum atomic E-state index is 0.700. The summed E-state index contributed by atoms with van der Waals surface area (Å²) in [6, 6.07) is 14.1. The van der Waals surface area contributed by atoms with Crippen LogP contribution in [0.5, 0.6) is 0 Å². The summed E-state index contributed by atoms with van der Waals surface area (Å²) in [7, 11) is 0. The minimum Gasteiger partial charge on any atom is -0.399 e. The second-order valence-electron chi connectivity index (χ2n) is 5.31. The molecule has 21 heavy (non-hydrogen) atoms. The highest BCUT2D eigenvalue weighted by Crippen LogP contribution is 2.17. The van der Waals surface area contributed by atoms with Crippen molar-refractivity contribution in [3.05, 3.63) is 65.5 Å². The van der Waals surface area contributed by atoms with Gasteiger partial charge in [0.05, 0.1) is 6.54 Å². The van der Waals surface area contributed by atoms with Crippen LogP contribution in [0.15, 0.2) is 48.8 Å². The number of benzene rings is 2. The minimum absolute atomic E-state index is 0.700. The average molecular weight is 278 g/mol. The molecule has 0 aliphatic heterocycles. The van der Waals surface area contributed by atoms with Crippen molar-refractivity contribution in [2.75, 3.05) is 5.73 Å². The number of nitrogens with two attached hydrogens (primary N) is 1. The topological polar surface area (TPSA) is 56.7 Å². The summed E-state index contributed by atoms with van der Waals surface area (Å²) >= 11 is 0. The summed E-state index contributed by atoms with van der Waals surface area (Å²) in [5, 5.41) is 4.52. The van der Waals surface area contributed by atoms with Gasteiger partial charge in [0.15, 0.2) is 5.82 Å². The zero-order valence-electron chi connectivity index (χ0n) is 12.2. The first-order valence-electron chi connectivity index (χ1n) is 6.93. The Bertz CT molecular complexity index is 774. The van der Waals surface area contributed by atoms with Gasteiger partial charge in [-0.1, -0.05) is 30.3 Å². The van der Waals surface area contributed by atoms with E-state index in [-0.39, 0.29) is 0 Å². The summed E-state index contributed by atoms with van der Waals surface area (Å²) in [5.41, 5.74) is 11.3. The van der Waals surface area contributed by atoms with Crippen LogP contribution < -0.4 is 5.73 Å². The number of hydrogen-bond acceptors (Lipinski definition) is 3. The maximum atomic E-state index is 5.79. The summed E-state index contributed by atoms with van der Waals surface area (Å²) in [4.78, 5) is 4.36. The molecule has 0 radical (unpaired) electrons. The highest BCUT2D eigenvalue weighted by atomic mass is 15.3. The summed E-state index contributed by atoms with van der Waals surface area (Å²) in [5.74, 6) is 0.700. The molecular weight excluding hydrogens is 260 g/mol. The Labute approximate surface area is 124 Å². The van der Waals surface area contributed by atoms with Gasteiger partial charge >= 0.3 is 0 Å². The van der Waals surface area contributed by atoms with Crippen LogP contribution in [0.2, 0.25) is 0 Å². The molecule has 0 aliphatic rings. The molecule has 0 aliphatic carbocycles. The lowest BCUT2D eigenvalue weighted by Gasteiger charge is -2.05. The average Bonchev–Trinajstić information content (AvgIpc) is 2.91. The Morgan fingerprint density at radius 3 is 2.67 bits per heavy atom. The molecule has 2 N–H and O–H groups in total. The fourth-order valence-corrected chi connectivity index (χ4v) is 2.27. The molecule has 0 amide bonds. The number of hydrogen-bond donors (Lipinski definition) is 1. The van der Waals surface area contributed by atoms with Crippen LogP contribution in [0, 0.1) is 13.8 Å². The van der Waals surface area contributed by atoms with E-state index in [1.54, 1.807) is 6.33 Å². The van der Waals surface area contributed by atoms with Gasteiger partial charge in [-0.15, -0.1) is 0 Å². The molecule has 0 saturated heterocycles. The van der Waals surface area contributed by atoms with E-state index in [1.165, 1.54) is 16.7 Å². The van der Waals surface area contributed by atoms with Crippen LogP contribution in [0.3, 0.4) is 0 Å². The van der Waals surface area contributed by atoms with Gasteiger partial charge in [0, 0.05) is 11.3 Å². The molecule has 4 nitrogen and oxygen atoms in total. The number of nitrogens with zero attached hydrogens (tertiary/aromatic N) is 3. The van der Waals surface area contributed by atoms with Crippen molar-refractivity contribution in [3.8, 4) is 11.4 Å². The Kier molecular flexibility index (Phi) is 3.44. The number of aryl methyl sites for hydroxylation is 2. The van der Waals surface area contributed by atoms with Crippen LogP contribution in [0.25, 0.3) is 11.4 Å². The molecular formula is C17H18N4. The molecule has 1 heterocycles. The lowest BCUT2D eigenvalue weighted by atomic mass is 10.1. The van der Waals surface area contributed by atoms with Crippen molar-refractivity contribution in [1.29, 1.82) is 0 Å². The number of anilines is 1. The van der Waals surface area contributed by atoms with E-state index < -0.39 is 0 Å². The molecule has 0 fully saturated rings. The fourth-order valence-electron chi connectivity index (χ4n) is 2.27. The quantitative estimate of drug-likeness (QED) is 0.748. The van der Waals surface area contributed by atoms with Crippen LogP contribution >= 0.6 is 0 Å². The van der Waals surface area contributed by atoms with Gasteiger partial charge in [-0.25, -0.2) is 9.67 Å². The smallest absolute Gasteiger partial charge is 0.181 e. The molecule has 0 atom stereocenters. The Hall–Kier alpha value is -2.62. The van der Waals surface area contributed by atoms with Gasteiger partial charge in [-0.05, 0) is 42.7 Å². The van der Waals surface area contributed by atoms with Crippen molar-refractivity contribution in [2.45, 2.75) is 20.4 Å². The highest BCUT2D eigenvalue weighted by molar-refractivity contribution is 5.60. The monoisotopic (exact) mass is 278 g/mol. The predicted octanol–water partition coefficient (Wildman–Crippen LogP) is 3.19. The van der Waals surface area contributed by atoms with Crippen molar-refractivity contribution in [2.24, 2.45) is 0 Å². The van der Waals surface area contributed by atoms with Gasteiger partial charge in [0.2, 0.25) is 0 Å². The largest absolute Gasteiger partial charge is 0.399 e. The van der Waals surface area contributed by atoms with Crippen LogP contribution in [0.1, 0.15) is 16.7 Å². The second-order valence-corrected chi connectivity index (χ2v) is 5.31. The summed E-state index contributed by atoms with van der Waals surface area (Å²) in [6.07, 6.45) is 1.76. The van der Waals surface area contributed by atoms with E-state index in [0.29, 0.717) is 5.82 Å². The molecule has 3 rings (SSSR count). The Morgan fingerprint density at radius 2 is 1.90 bits per heavy atom. The van der Waals surface area contributed by atoms with E-state index in [0.717, 1.165) is 17.8 Å². The van der Waals surface area contributed by atoms with E-state index >= 15 is 0 Å². The van der Waals surface area contributed by atoms with Gasteiger partial charge < -0.3 is 5.73 Å². The van der Waals surface area contributed by atoms with E-state index in [9.17, 15) is 0 Å². The van der Waals surface area contributed by atoms with Gasteiger partial charge in [-0.3, -0.25) is 0 Å². The number of aromatic nitrogens is 3. The molecule has 0 unspecified atom stereocenters. The first-order valence-corrected chi connectivity index (χ1v) is 6.93. The predicted molar refractivity (Wildman–Crippen MR) is 84.9 cm³/mol. The normalized spacial score (nSPS) is 10.8. The highest BCUT2D eigenvalue weighted by Gasteiger charge is 2.05. The maximum absolute atomic E-state index is 5.79. The van der Waals surface area contributed by atoms with Crippen LogP contribution in [-0.2, 0) is 6.54 Å². The van der Waals surface area contributed by atoms with Gasteiger partial charge in [0.25, 0.3) is 0 Å². The van der Waals surface area contributed by atoms with Gasteiger partial charge in [-0.2, -0.15) is 5.10 Å². The third-order valence-electron chi connectivity index (χ3n) is 3.60. The molecule has 0 saturated carbocycles. The Morgan fingerprint density at radius 1 is 1.05 bits per heavy atom. The molecule has 0 bridgehead atoms. The molecule has 2 aromatic carbocycles. The van der Waals surface area contributed by atoms with E-state index in [1.807, 2.05) is 28.9 Å². The lowest BCUT2D eigenvalue weighted by Crippen LogP contribution is -2.01. The number of rotatable bonds is 3. The summed E-state index contributed by atoms with van der Waals surface area (Å²) in [6.45, 7) is 4.96. The maximum Gasteiger partial charge on any atom is 0.181 e. The van der Waals surface area contributed by atoms with Crippen molar-refractivity contribution < 1.29 is 0 Å². The molecule has 4 heteroatoms. The third-order valence-corrected chi connectivity index (χ3v) is 3.60. The van der Waals surface area contributed by atoms with Crippen LogP contribution in [0.4, 0.5) is 5.69 Å². The molecule has 0 spiro atoms. The SMILES string of the molecule is Cc1ccc(Cn2cnc(-c3cccc(N)c3)n2)cc1C. The fraction of sp³-hybridized carbons (Fsp3) is 0.176. The zero-order valence-corrected chi connectivity index (χ0v) is 12.2. The third kappa shape index (κ3) is 2.94. The molecule has 106 valence electrons. The zero-order chi connectivity index (χ0) is 14.8.